The number of aromatic nitrogens is 1. The van der Waals surface area contributed by atoms with Crippen LogP contribution in [0.15, 0.2) is 47.4 Å². The van der Waals surface area contributed by atoms with Crippen LogP contribution < -0.4 is 10.0 Å². The van der Waals surface area contributed by atoms with Gasteiger partial charge in [-0.25, -0.2) is 8.78 Å². The Labute approximate surface area is 238 Å². The minimum atomic E-state index is -2.62. The molecule has 0 aliphatic heterocycles. The van der Waals surface area contributed by atoms with Crippen molar-refractivity contribution < 1.29 is 23.2 Å². The molecule has 1 aromatic heterocycles. The molecule has 1 atom stereocenters. The van der Waals surface area contributed by atoms with Crippen molar-refractivity contribution in [3.05, 3.63) is 53.7 Å². The minimum absolute atomic E-state index is 0.0609. The summed E-state index contributed by atoms with van der Waals surface area (Å²) in [5.74, 6) is -2.85. The predicted octanol–water partition coefficient (Wildman–Crippen LogP) is 6.35. The topological polar surface area (TPSA) is 89.3 Å². The first kappa shape index (κ1) is 30.5. The van der Waals surface area contributed by atoms with Crippen LogP contribution in [-0.4, -0.2) is 43.7 Å². The zero-order chi connectivity index (χ0) is 29.5. The third-order valence-electron chi connectivity index (χ3n) is 7.33. The van der Waals surface area contributed by atoms with Gasteiger partial charge in [-0.2, -0.15) is 0 Å². The fourth-order valence-corrected chi connectivity index (χ4v) is 6.49. The zero-order valence-electron chi connectivity index (χ0n) is 24.2. The normalized spacial score (nSPS) is 17.2. The number of fused-ring (bicyclic) bond motifs is 1. The van der Waals surface area contributed by atoms with Crippen LogP contribution >= 0.6 is 0 Å². The Morgan fingerprint density at radius 2 is 1.73 bits per heavy atom. The standard InChI is InChI=1S/C31H41F2N3O3S/c1-20-25(28(37)34-19-30(5,6)38)17-26(36(20)18-21-13-15-31(32,33)16-14-21)23-11-12-27(40(39)35-29(2,3)4)24-10-8-7-9-22(23)24/h7-12,17,21,35,38H,13-16,18-19H2,1-6H3,(H,34,37). The van der Waals surface area contributed by atoms with Crippen molar-refractivity contribution in [3.8, 4) is 11.3 Å². The number of carbonyl (C=O) groups is 1. The first-order valence-electron chi connectivity index (χ1n) is 13.8. The first-order chi connectivity index (χ1) is 18.5. The summed E-state index contributed by atoms with van der Waals surface area (Å²) in [4.78, 5) is 13.9. The van der Waals surface area contributed by atoms with Crippen LogP contribution in [0, 0.1) is 12.8 Å². The van der Waals surface area contributed by atoms with E-state index in [1.165, 1.54) is 0 Å². The minimum Gasteiger partial charge on any atom is -0.593 e. The summed E-state index contributed by atoms with van der Waals surface area (Å²) in [7, 11) is 0. The monoisotopic (exact) mass is 573 g/mol. The summed E-state index contributed by atoms with van der Waals surface area (Å²) in [6, 6.07) is 13.4. The second-order valence-corrected chi connectivity index (χ2v) is 13.9. The fraction of sp³-hybridized carbons (Fsp3) is 0.516. The summed E-state index contributed by atoms with van der Waals surface area (Å²) in [6.07, 6.45) is 0.579. The van der Waals surface area contributed by atoms with Crippen LogP contribution in [0.25, 0.3) is 22.0 Å². The molecule has 0 spiro atoms. The number of halogens is 2. The highest BCUT2D eigenvalue weighted by Crippen LogP contribution is 2.40. The number of nitrogens with zero attached hydrogens (tertiary/aromatic N) is 1. The highest BCUT2D eigenvalue weighted by molar-refractivity contribution is 7.89. The van der Waals surface area contributed by atoms with E-state index in [4.69, 9.17) is 0 Å². The van der Waals surface area contributed by atoms with Gasteiger partial charge >= 0.3 is 0 Å². The molecule has 3 aromatic rings. The Hall–Kier alpha value is -2.46. The van der Waals surface area contributed by atoms with Gasteiger partial charge < -0.3 is 19.5 Å². The molecule has 9 heteroatoms. The molecule has 40 heavy (non-hydrogen) atoms. The van der Waals surface area contributed by atoms with Crippen molar-refractivity contribution in [1.29, 1.82) is 0 Å². The summed E-state index contributed by atoms with van der Waals surface area (Å²) in [5, 5.41) is 14.7. The van der Waals surface area contributed by atoms with Gasteiger partial charge in [-0.15, -0.1) is 4.72 Å². The number of benzene rings is 2. The van der Waals surface area contributed by atoms with Gasteiger partial charge in [0, 0.05) is 48.3 Å². The van der Waals surface area contributed by atoms with Crippen LogP contribution in [0.2, 0.25) is 0 Å². The Morgan fingerprint density at radius 3 is 2.33 bits per heavy atom. The molecule has 1 amide bonds. The van der Waals surface area contributed by atoms with Gasteiger partial charge in [-0.3, -0.25) is 4.79 Å². The predicted molar refractivity (Wildman–Crippen MR) is 157 cm³/mol. The Morgan fingerprint density at radius 1 is 1.10 bits per heavy atom. The average molecular weight is 574 g/mol. The van der Waals surface area contributed by atoms with Gasteiger partial charge in [0.15, 0.2) is 4.90 Å². The lowest BCUT2D eigenvalue weighted by molar-refractivity contribution is -0.0473. The average Bonchev–Trinajstić information content (AvgIpc) is 3.17. The number of amides is 1. The number of hydrogen-bond acceptors (Lipinski definition) is 4. The molecule has 1 aliphatic carbocycles. The number of hydrogen-bond donors (Lipinski definition) is 3. The number of aliphatic hydroxyl groups is 1. The number of alkyl halides is 2. The Kier molecular flexibility index (Phi) is 8.72. The van der Waals surface area contributed by atoms with Crippen LogP contribution in [0.1, 0.15) is 76.4 Å². The summed E-state index contributed by atoms with van der Waals surface area (Å²) in [5.41, 5.74) is 1.49. The van der Waals surface area contributed by atoms with Crippen LogP contribution in [0.4, 0.5) is 8.78 Å². The second-order valence-electron chi connectivity index (χ2n) is 12.7. The van der Waals surface area contributed by atoms with E-state index < -0.39 is 22.9 Å². The molecule has 1 fully saturated rings. The van der Waals surface area contributed by atoms with E-state index in [1.54, 1.807) is 13.8 Å². The maximum Gasteiger partial charge on any atom is 0.253 e. The van der Waals surface area contributed by atoms with E-state index in [-0.39, 0.29) is 36.8 Å². The summed E-state index contributed by atoms with van der Waals surface area (Å²) in [6.45, 7) is 11.6. The smallest absolute Gasteiger partial charge is 0.253 e. The molecule has 2 aromatic carbocycles. The second kappa shape index (κ2) is 11.4. The zero-order valence-corrected chi connectivity index (χ0v) is 25.1. The van der Waals surface area contributed by atoms with E-state index in [0.29, 0.717) is 29.8 Å². The molecule has 6 nitrogen and oxygen atoms in total. The van der Waals surface area contributed by atoms with E-state index in [2.05, 4.69) is 14.6 Å². The quantitative estimate of drug-likeness (QED) is 0.274. The van der Waals surface area contributed by atoms with Gasteiger partial charge in [0.2, 0.25) is 5.92 Å². The van der Waals surface area contributed by atoms with Crippen LogP contribution in [0.5, 0.6) is 0 Å². The SMILES string of the molecule is Cc1c(C(=O)NCC(C)(C)O)cc(-c2ccc([S+]([O-])NC(C)(C)C)c3ccccc23)n1CC1CCC(F)(F)CC1. The van der Waals surface area contributed by atoms with E-state index in [1.807, 2.05) is 70.2 Å². The molecule has 0 saturated heterocycles. The summed E-state index contributed by atoms with van der Waals surface area (Å²) < 4.78 is 46.3. The molecule has 0 radical (unpaired) electrons. The lowest BCUT2D eigenvalue weighted by Crippen LogP contribution is -2.40. The molecule has 1 saturated carbocycles. The fourth-order valence-electron chi connectivity index (χ4n) is 5.26. The molecule has 218 valence electrons. The maximum atomic E-state index is 13.9. The lowest BCUT2D eigenvalue weighted by atomic mass is 9.86. The number of rotatable bonds is 8. The van der Waals surface area contributed by atoms with Gasteiger partial charge in [0.25, 0.3) is 5.91 Å². The van der Waals surface area contributed by atoms with E-state index in [9.17, 15) is 23.2 Å². The third-order valence-corrected chi connectivity index (χ3v) is 8.88. The maximum absolute atomic E-state index is 13.9. The van der Waals surface area contributed by atoms with Crippen LogP contribution in [-0.2, 0) is 17.9 Å². The van der Waals surface area contributed by atoms with Gasteiger partial charge in [-0.05, 0) is 90.0 Å². The Bertz CT molecular complexity index is 1360. The molecule has 1 heterocycles. The molecule has 0 bridgehead atoms. The highest BCUT2D eigenvalue weighted by Gasteiger charge is 2.35. The van der Waals surface area contributed by atoms with Gasteiger partial charge in [-0.1, -0.05) is 18.2 Å². The number of nitrogens with one attached hydrogen (secondary N) is 2. The molecule has 1 aliphatic rings. The molecular formula is C31H41F2N3O3S. The van der Waals surface area contributed by atoms with Gasteiger partial charge in [0.1, 0.15) is 0 Å². The van der Waals surface area contributed by atoms with E-state index >= 15 is 0 Å². The summed E-state index contributed by atoms with van der Waals surface area (Å²) >= 11 is -1.44. The molecular weight excluding hydrogens is 532 g/mol. The van der Waals surface area contributed by atoms with Crippen molar-refractivity contribution >= 4 is 28.0 Å². The van der Waals surface area contributed by atoms with Crippen molar-refractivity contribution in [3.63, 3.8) is 0 Å². The lowest BCUT2D eigenvalue weighted by Gasteiger charge is -2.29. The highest BCUT2D eigenvalue weighted by atomic mass is 32.2. The Balaban J connectivity index is 1.80. The van der Waals surface area contributed by atoms with Crippen molar-refractivity contribution in [1.82, 2.24) is 14.6 Å². The van der Waals surface area contributed by atoms with Crippen molar-refractivity contribution in [2.45, 2.75) is 95.7 Å². The molecule has 4 rings (SSSR count). The van der Waals surface area contributed by atoms with Crippen LogP contribution in [0.3, 0.4) is 0 Å². The first-order valence-corrected chi connectivity index (χ1v) is 15.0. The van der Waals surface area contributed by atoms with Crippen molar-refractivity contribution in [2.24, 2.45) is 5.92 Å². The largest absolute Gasteiger partial charge is 0.593 e. The number of carbonyl (C=O) groups excluding carboxylic acids is 1. The molecule has 1 unspecified atom stereocenters. The van der Waals surface area contributed by atoms with Gasteiger partial charge in [0.05, 0.1) is 28.1 Å². The van der Waals surface area contributed by atoms with Crippen molar-refractivity contribution in [2.75, 3.05) is 6.54 Å². The third kappa shape index (κ3) is 7.24. The van der Waals surface area contributed by atoms with E-state index in [0.717, 1.165) is 27.7 Å². The molecule has 3 N–H and O–H groups in total.